The summed E-state index contributed by atoms with van der Waals surface area (Å²) in [5, 5.41) is 9.07. The van der Waals surface area contributed by atoms with Crippen LogP contribution in [-0.2, 0) is 13.1 Å². The van der Waals surface area contributed by atoms with Gasteiger partial charge in [0.25, 0.3) is 5.56 Å². The first-order chi connectivity index (χ1) is 15.9. The molecule has 0 spiro atoms. The van der Waals surface area contributed by atoms with Gasteiger partial charge in [-0.15, -0.1) is 11.8 Å². The van der Waals surface area contributed by atoms with Gasteiger partial charge >= 0.3 is 0 Å². The van der Waals surface area contributed by atoms with Gasteiger partial charge in [0.15, 0.2) is 0 Å². The number of thioether (sulfide) groups is 1. The first-order valence-electron chi connectivity index (χ1n) is 10.7. The van der Waals surface area contributed by atoms with E-state index in [-0.39, 0.29) is 18.1 Å². The molecule has 2 aromatic carbocycles. The zero-order valence-corrected chi connectivity index (χ0v) is 20.6. The number of aromatic nitrogens is 3. The Labute approximate surface area is 203 Å². The number of fused-ring (bicyclic) bond motifs is 1. The van der Waals surface area contributed by atoms with Gasteiger partial charge in [-0.2, -0.15) is 5.10 Å². The molecule has 2 heterocycles. The molecule has 0 unspecified atom stereocenters. The standard InChI is InChI=1S/C26H27ClN4OS/c1-17(27)15-31-25-13-22(33-4)11-10-20(25)12-21(26(31)32)16-30(3)18(2)23-14-24(29-28-23)19-8-6-5-7-9-19/h5-14,18H,1,15-16H2,2-4H3,(H,28,29)/t18-/m0/s1. The topological polar surface area (TPSA) is 53.9 Å². The number of nitrogens with one attached hydrogen (secondary N) is 1. The van der Waals surface area contributed by atoms with Crippen LogP contribution >= 0.6 is 23.4 Å². The number of halogens is 1. The minimum atomic E-state index is -0.0452. The Hall–Kier alpha value is -2.80. The van der Waals surface area contributed by atoms with E-state index in [1.165, 1.54) is 0 Å². The molecule has 4 aromatic rings. The monoisotopic (exact) mass is 478 g/mol. The molecule has 1 N–H and O–H groups in total. The number of pyridine rings is 1. The maximum Gasteiger partial charge on any atom is 0.255 e. The number of aromatic amines is 1. The lowest BCUT2D eigenvalue weighted by Crippen LogP contribution is -2.30. The highest BCUT2D eigenvalue weighted by Crippen LogP contribution is 2.26. The molecule has 0 saturated carbocycles. The Balaban J connectivity index is 1.64. The van der Waals surface area contributed by atoms with Crippen molar-refractivity contribution in [2.75, 3.05) is 13.3 Å². The van der Waals surface area contributed by atoms with Gasteiger partial charge in [-0.05, 0) is 49.9 Å². The highest BCUT2D eigenvalue weighted by Gasteiger charge is 2.18. The number of rotatable bonds is 8. The SMILES string of the molecule is C=C(Cl)Cn1c(=O)c(CN(C)[C@@H](C)c2cc(-c3ccccc3)n[nH]2)cc2ccc(SC)cc21. The second kappa shape index (κ2) is 10.00. The van der Waals surface area contributed by atoms with Gasteiger partial charge < -0.3 is 4.57 Å². The summed E-state index contributed by atoms with van der Waals surface area (Å²) in [6, 6.07) is 20.3. The number of allylic oxidation sites excluding steroid dienone is 1. The van der Waals surface area contributed by atoms with Crippen LogP contribution in [0.5, 0.6) is 0 Å². The van der Waals surface area contributed by atoms with Crippen LogP contribution in [0.15, 0.2) is 82.0 Å². The van der Waals surface area contributed by atoms with Crippen LogP contribution in [0.1, 0.15) is 24.2 Å². The molecule has 0 bridgehead atoms. The Bertz CT molecular complexity index is 1350. The number of nitrogens with zero attached hydrogens (tertiary/aromatic N) is 3. The molecule has 2 aromatic heterocycles. The van der Waals surface area contributed by atoms with Gasteiger partial charge in [-0.3, -0.25) is 14.8 Å². The zero-order chi connectivity index (χ0) is 23.5. The highest BCUT2D eigenvalue weighted by molar-refractivity contribution is 7.98. The van der Waals surface area contributed by atoms with E-state index in [4.69, 9.17) is 11.6 Å². The van der Waals surface area contributed by atoms with E-state index >= 15 is 0 Å². The van der Waals surface area contributed by atoms with Crippen molar-refractivity contribution in [3.8, 4) is 11.3 Å². The van der Waals surface area contributed by atoms with E-state index < -0.39 is 0 Å². The molecule has 1 atom stereocenters. The van der Waals surface area contributed by atoms with Crippen molar-refractivity contribution in [1.29, 1.82) is 0 Å². The van der Waals surface area contributed by atoms with Gasteiger partial charge in [0, 0.05) is 33.6 Å². The molecule has 0 radical (unpaired) electrons. The molecule has 170 valence electrons. The smallest absolute Gasteiger partial charge is 0.255 e. The molecule has 0 aliphatic rings. The molecule has 0 aliphatic carbocycles. The highest BCUT2D eigenvalue weighted by atomic mass is 35.5. The van der Waals surface area contributed by atoms with E-state index in [0.717, 1.165) is 38.3 Å². The first kappa shape index (κ1) is 23.4. The minimum Gasteiger partial charge on any atom is -0.303 e. The Morgan fingerprint density at radius 3 is 2.67 bits per heavy atom. The number of H-pyrrole nitrogens is 1. The summed E-state index contributed by atoms with van der Waals surface area (Å²) in [5.74, 6) is 0. The van der Waals surface area contributed by atoms with Gasteiger partial charge in [-0.25, -0.2) is 0 Å². The second-order valence-corrected chi connectivity index (χ2v) is 9.58. The summed E-state index contributed by atoms with van der Waals surface area (Å²) < 4.78 is 1.72. The third kappa shape index (κ3) is 5.08. The molecule has 5 nitrogen and oxygen atoms in total. The van der Waals surface area contributed by atoms with Crippen LogP contribution in [0.3, 0.4) is 0 Å². The average molecular weight is 479 g/mol. The summed E-state index contributed by atoms with van der Waals surface area (Å²) in [7, 11) is 2.01. The fourth-order valence-corrected chi connectivity index (χ4v) is 4.48. The average Bonchev–Trinajstić information content (AvgIpc) is 3.31. The van der Waals surface area contributed by atoms with E-state index in [0.29, 0.717) is 11.6 Å². The van der Waals surface area contributed by atoms with Crippen molar-refractivity contribution in [2.45, 2.75) is 31.0 Å². The third-order valence-corrected chi connectivity index (χ3v) is 6.75. The Kier molecular flexibility index (Phi) is 7.08. The van der Waals surface area contributed by atoms with Crippen molar-refractivity contribution in [3.63, 3.8) is 0 Å². The van der Waals surface area contributed by atoms with Crippen LogP contribution in [0.4, 0.5) is 0 Å². The van der Waals surface area contributed by atoms with E-state index in [9.17, 15) is 4.79 Å². The summed E-state index contributed by atoms with van der Waals surface area (Å²) in [5.41, 5.74) is 4.51. The minimum absolute atomic E-state index is 0.0420. The van der Waals surface area contributed by atoms with Crippen molar-refractivity contribution in [1.82, 2.24) is 19.7 Å². The Morgan fingerprint density at radius 2 is 1.97 bits per heavy atom. The lowest BCUT2D eigenvalue weighted by molar-refractivity contribution is 0.247. The van der Waals surface area contributed by atoms with Gasteiger partial charge in [0.1, 0.15) is 0 Å². The fourth-order valence-electron chi connectivity index (χ4n) is 3.93. The molecule has 0 fully saturated rings. The van der Waals surface area contributed by atoms with Crippen molar-refractivity contribution < 1.29 is 0 Å². The molecule has 0 saturated heterocycles. The summed E-state index contributed by atoms with van der Waals surface area (Å²) in [6.45, 7) is 6.69. The predicted octanol–water partition coefficient (Wildman–Crippen LogP) is 6.06. The molecule has 4 rings (SSSR count). The lowest BCUT2D eigenvalue weighted by Gasteiger charge is -2.24. The largest absolute Gasteiger partial charge is 0.303 e. The second-order valence-electron chi connectivity index (χ2n) is 8.17. The van der Waals surface area contributed by atoms with E-state index in [2.05, 4.69) is 46.8 Å². The predicted molar refractivity (Wildman–Crippen MR) is 139 cm³/mol. The molecule has 33 heavy (non-hydrogen) atoms. The molecular weight excluding hydrogens is 452 g/mol. The van der Waals surface area contributed by atoms with E-state index in [1.54, 1.807) is 16.3 Å². The van der Waals surface area contributed by atoms with Crippen LogP contribution in [0.25, 0.3) is 22.2 Å². The van der Waals surface area contributed by atoms with Gasteiger partial charge in [0.2, 0.25) is 0 Å². The Morgan fingerprint density at radius 1 is 1.21 bits per heavy atom. The van der Waals surface area contributed by atoms with Crippen LogP contribution < -0.4 is 5.56 Å². The first-order valence-corrected chi connectivity index (χ1v) is 12.3. The number of hydrogen-bond acceptors (Lipinski definition) is 4. The number of hydrogen-bond donors (Lipinski definition) is 1. The number of benzene rings is 2. The van der Waals surface area contributed by atoms with E-state index in [1.807, 2.05) is 55.8 Å². The maximum absolute atomic E-state index is 13.4. The maximum atomic E-state index is 13.4. The van der Waals surface area contributed by atoms with Crippen LogP contribution in [-0.4, -0.2) is 33.0 Å². The third-order valence-electron chi connectivity index (χ3n) is 5.91. The van der Waals surface area contributed by atoms with Crippen molar-refractivity contribution in [2.24, 2.45) is 0 Å². The van der Waals surface area contributed by atoms with Crippen molar-refractivity contribution >= 4 is 34.3 Å². The van der Waals surface area contributed by atoms with Crippen molar-refractivity contribution in [3.05, 3.63) is 93.9 Å². The normalized spacial score (nSPS) is 12.4. The lowest BCUT2D eigenvalue weighted by atomic mass is 10.1. The summed E-state index contributed by atoms with van der Waals surface area (Å²) in [4.78, 5) is 16.7. The molecule has 7 heteroatoms. The molecular formula is C26H27ClN4OS. The quantitative estimate of drug-likeness (QED) is 0.313. The summed E-state index contributed by atoms with van der Waals surface area (Å²) >= 11 is 7.76. The van der Waals surface area contributed by atoms with Crippen LogP contribution in [0, 0.1) is 0 Å². The fraction of sp³-hybridized carbons (Fsp3) is 0.231. The molecule has 0 amide bonds. The molecule has 0 aliphatic heterocycles. The van der Waals surface area contributed by atoms with Gasteiger partial charge in [-0.1, -0.05) is 54.6 Å². The van der Waals surface area contributed by atoms with Gasteiger partial charge in [0.05, 0.1) is 23.4 Å². The van der Waals surface area contributed by atoms with Crippen LogP contribution in [0.2, 0.25) is 0 Å². The summed E-state index contributed by atoms with van der Waals surface area (Å²) in [6.07, 6.45) is 2.02. The zero-order valence-electron chi connectivity index (χ0n) is 19.0.